The van der Waals surface area contributed by atoms with Gasteiger partial charge in [0.1, 0.15) is 0 Å². The maximum Gasteiger partial charge on any atom is 0.254 e. The lowest BCUT2D eigenvalue weighted by Crippen LogP contribution is -2.45. The van der Waals surface area contributed by atoms with Crippen LogP contribution in [0.2, 0.25) is 0 Å². The number of benzene rings is 1. The van der Waals surface area contributed by atoms with E-state index >= 15 is 0 Å². The van der Waals surface area contributed by atoms with Gasteiger partial charge >= 0.3 is 0 Å². The Bertz CT molecular complexity index is 729. The number of thiophene rings is 1. The van der Waals surface area contributed by atoms with Crippen LogP contribution in [0, 0.1) is 0 Å². The number of hydrogen-bond acceptors (Lipinski definition) is 3. The number of nitrogens with zero attached hydrogens (tertiary/aromatic N) is 1. The normalized spacial score (nSPS) is 19.8. The van der Waals surface area contributed by atoms with E-state index in [0.29, 0.717) is 25.9 Å². The van der Waals surface area contributed by atoms with Crippen LogP contribution in [0.3, 0.4) is 0 Å². The molecule has 1 amide bonds. The average Bonchev–Trinajstić information content (AvgIpc) is 3.07. The second-order valence-corrected chi connectivity index (χ2v) is 7.91. The number of aryl methyl sites for hydroxylation is 1. The van der Waals surface area contributed by atoms with Crippen LogP contribution in [0.5, 0.6) is 0 Å². The molecule has 4 heteroatoms. The van der Waals surface area contributed by atoms with Gasteiger partial charge in [0.25, 0.3) is 5.91 Å². The first-order valence-corrected chi connectivity index (χ1v) is 9.72. The van der Waals surface area contributed by atoms with Gasteiger partial charge in [-0.15, -0.1) is 11.3 Å². The lowest BCUT2D eigenvalue weighted by molar-refractivity contribution is -0.0211. The minimum absolute atomic E-state index is 0.157. The van der Waals surface area contributed by atoms with E-state index in [1.807, 2.05) is 35.2 Å². The van der Waals surface area contributed by atoms with Gasteiger partial charge in [-0.25, -0.2) is 0 Å². The van der Waals surface area contributed by atoms with Crippen molar-refractivity contribution in [3.8, 4) is 0 Å². The molecule has 1 aromatic carbocycles. The fourth-order valence-electron chi connectivity index (χ4n) is 3.96. The van der Waals surface area contributed by atoms with E-state index in [0.717, 1.165) is 24.0 Å². The molecule has 1 saturated heterocycles. The number of carbonyl (C=O) groups excluding carboxylic acids is 1. The van der Waals surface area contributed by atoms with E-state index in [9.17, 15) is 9.90 Å². The molecule has 1 aromatic heterocycles. The van der Waals surface area contributed by atoms with Crippen molar-refractivity contribution in [1.82, 2.24) is 4.90 Å². The monoisotopic (exact) mass is 341 g/mol. The highest BCUT2D eigenvalue weighted by Gasteiger charge is 2.36. The first-order chi connectivity index (χ1) is 11.7. The number of amides is 1. The number of carbonyl (C=O) groups is 1. The standard InChI is InChI=1S/C20H23NO2S/c22-19(17-14-24-18-9-5-4-8-16(17)18)21-12-10-20(23,11-13-21)15-6-2-1-3-7-15/h1-3,6-7,14,23H,4-5,8-13H2. The van der Waals surface area contributed by atoms with Crippen LogP contribution >= 0.6 is 11.3 Å². The number of aliphatic hydroxyl groups is 1. The van der Waals surface area contributed by atoms with Crippen molar-refractivity contribution >= 4 is 17.2 Å². The van der Waals surface area contributed by atoms with Crippen molar-refractivity contribution in [2.45, 2.75) is 44.1 Å². The predicted molar refractivity (Wildman–Crippen MR) is 96.4 cm³/mol. The molecular weight excluding hydrogens is 318 g/mol. The number of rotatable bonds is 2. The summed E-state index contributed by atoms with van der Waals surface area (Å²) in [7, 11) is 0. The number of hydrogen-bond donors (Lipinski definition) is 1. The third-order valence-corrected chi connectivity index (χ3v) is 6.57. The van der Waals surface area contributed by atoms with E-state index in [-0.39, 0.29) is 5.91 Å². The van der Waals surface area contributed by atoms with Crippen LogP contribution < -0.4 is 0 Å². The Kier molecular flexibility index (Phi) is 4.19. The van der Waals surface area contributed by atoms with Crippen molar-refractivity contribution in [1.29, 1.82) is 0 Å². The Morgan fingerprint density at radius 2 is 1.79 bits per heavy atom. The van der Waals surface area contributed by atoms with Gasteiger partial charge in [-0.3, -0.25) is 4.79 Å². The van der Waals surface area contributed by atoms with Gasteiger partial charge in [-0.1, -0.05) is 30.3 Å². The molecule has 2 aromatic rings. The highest BCUT2D eigenvalue weighted by molar-refractivity contribution is 7.10. The number of fused-ring (bicyclic) bond motifs is 1. The molecule has 24 heavy (non-hydrogen) atoms. The molecule has 2 aliphatic rings. The topological polar surface area (TPSA) is 40.5 Å². The van der Waals surface area contributed by atoms with Gasteiger partial charge in [0.15, 0.2) is 0 Å². The first kappa shape index (κ1) is 15.9. The van der Waals surface area contributed by atoms with E-state index < -0.39 is 5.60 Å². The predicted octanol–water partition coefficient (Wildman–Crippen LogP) is 3.75. The SMILES string of the molecule is O=C(c1csc2c1CCCC2)N1CCC(O)(c2ccccc2)CC1. The molecule has 0 spiro atoms. The number of likely N-dealkylation sites (tertiary alicyclic amines) is 1. The molecule has 0 bridgehead atoms. The minimum atomic E-state index is -0.799. The summed E-state index contributed by atoms with van der Waals surface area (Å²) >= 11 is 1.74. The maximum atomic E-state index is 12.9. The van der Waals surface area contributed by atoms with Crippen LogP contribution in [-0.4, -0.2) is 29.0 Å². The average molecular weight is 341 g/mol. The van der Waals surface area contributed by atoms with Gasteiger partial charge in [-0.2, -0.15) is 0 Å². The molecule has 126 valence electrons. The van der Waals surface area contributed by atoms with Gasteiger partial charge in [0, 0.05) is 23.3 Å². The zero-order chi connectivity index (χ0) is 16.6. The van der Waals surface area contributed by atoms with Crippen LogP contribution in [0.25, 0.3) is 0 Å². The van der Waals surface area contributed by atoms with E-state index in [2.05, 4.69) is 5.38 Å². The second kappa shape index (κ2) is 6.34. The summed E-state index contributed by atoms with van der Waals surface area (Å²) < 4.78 is 0. The molecule has 3 nitrogen and oxygen atoms in total. The van der Waals surface area contributed by atoms with Crippen molar-refractivity contribution in [2.24, 2.45) is 0 Å². The van der Waals surface area contributed by atoms with E-state index in [4.69, 9.17) is 0 Å². The Morgan fingerprint density at radius 1 is 1.08 bits per heavy atom. The summed E-state index contributed by atoms with van der Waals surface area (Å²) in [4.78, 5) is 16.3. The molecule has 1 fully saturated rings. The van der Waals surface area contributed by atoms with Gasteiger partial charge in [-0.05, 0) is 49.7 Å². The quantitative estimate of drug-likeness (QED) is 0.904. The largest absolute Gasteiger partial charge is 0.385 e. The van der Waals surface area contributed by atoms with Crippen molar-refractivity contribution in [3.05, 3.63) is 57.3 Å². The molecule has 0 atom stereocenters. The van der Waals surface area contributed by atoms with E-state index in [1.54, 1.807) is 11.3 Å². The van der Waals surface area contributed by atoms with Crippen molar-refractivity contribution < 1.29 is 9.90 Å². The second-order valence-electron chi connectivity index (χ2n) is 6.95. The van der Waals surface area contributed by atoms with Crippen molar-refractivity contribution in [2.75, 3.05) is 13.1 Å². The summed E-state index contributed by atoms with van der Waals surface area (Å²) in [6.07, 6.45) is 5.82. The lowest BCUT2D eigenvalue weighted by atomic mass is 9.84. The molecule has 2 heterocycles. The lowest BCUT2D eigenvalue weighted by Gasteiger charge is -2.38. The molecule has 0 saturated carbocycles. The summed E-state index contributed by atoms with van der Waals surface area (Å²) in [5, 5.41) is 13.0. The molecule has 0 unspecified atom stereocenters. The number of piperidine rings is 1. The van der Waals surface area contributed by atoms with Crippen LogP contribution in [0.15, 0.2) is 35.7 Å². The molecule has 1 aliphatic carbocycles. The zero-order valence-electron chi connectivity index (χ0n) is 13.8. The third kappa shape index (κ3) is 2.78. The Morgan fingerprint density at radius 3 is 2.54 bits per heavy atom. The minimum Gasteiger partial charge on any atom is -0.385 e. The molecular formula is C20H23NO2S. The first-order valence-electron chi connectivity index (χ1n) is 8.84. The fraction of sp³-hybridized carbons (Fsp3) is 0.450. The molecule has 0 radical (unpaired) electrons. The summed E-state index contributed by atoms with van der Waals surface area (Å²) in [5.74, 6) is 0.157. The molecule has 1 aliphatic heterocycles. The smallest absolute Gasteiger partial charge is 0.254 e. The summed E-state index contributed by atoms with van der Waals surface area (Å²) in [5.41, 5.74) is 2.37. The summed E-state index contributed by atoms with van der Waals surface area (Å²) in [6.45, 7) is 1.24. The van der Waals surface area contributed by atoms with Gasteiger partial charge < -0.3 is 10.0 Å². The van der Waals surface area contributed by atoms with Gasteiger partial charge in [0.05, 0.1) is 11.2 Å². The molecule has 1 N–H and O–H groups in total. The maximum absolute atomic E-state index is 12.9. The third-order valence-electron chi connectivity index (χ3n) is 5.48. The molecule has 4 rings (SSSR count). The van der Waals surface area contributed by atoms with Crippen LogP contribution in [0.1, 0.15) is 52.0 Å². The Balaban J connectivity index is 1.48. The van der Waals surface area contributed by atoms with E-state index in [1.165, 1.54) is 23.3 Å². The summed E-state index contributed by atoms with van der Waals surface area (Å²) in [6, 6.07) is 9.84. The van der Waals surface area contributed by atoms with Crippen LogP contribution in [-0.2, 0) is 18.4 Å². The Labute approximate surface area is 146 Å². The Hall–Kier alpha value is -1.65. The highest BCUT2D eigenvalue weighted by atomic mass is 32.1. The van der Waals surface area contributed by atoms with Crippen molar-refractivity contribution in [3.63, 3.8) is 0 Å². The highest BCUT2D eigenvalue weighted by Crippen LogP contribution is 2.35. The zero-order valence-corrected chi connectivity index (χ0v) is 14.6. The fourth-order valence-corrected chi connectivity index (χ4v) is 5.08. The van der Waals surface area contributed by atoms with Crippen LogP contribution in [0.4, 0.5) is 0 Å². The van der Waals surface area contributed by atoms with Gasteiger partial charge in [0.2, 0.25) is 0 Å².